The van der Waals surface area contributed by atoms with Crippen molar-refractivity contribution in [1.29, 1.82) is 0 Å². The molecule has 0 amide bonds. The second kappa shape index (κ2) is 8.07. The average Bonchev–Trinajstić information content (AvgIpc) is 3.45. The lowest BCUT2D eigenvalue weighted by atomic mass is 9.97. The van der Waals surface area contributed by atoms with Crippen LogP contribution in [0.3, 0.4) is 0 Å². The molecule has 0 aliphatic carbocycles. The van der Waals surface area contributed by atoms with E-state index >= 15 is 0 Å². The highest BCUT2D eigenvalue weighted by atomic mass is 16.5. The summed E-state index contributed by atoms with van der Waals surface area (Å²) in [4.78, 5) is 11.9. The molecular weight excluding hydrogens is 408 g/mol. The van der Waals surface area contributed by atoms with Gasteiger partial charge < -0.3 is 18.6 Å². The number of rotatable bonds is 5. The zero-order valence-electron chi connectivity index (χ0n) is 18.2. The number of hydrogen-bond acceptors (Lipinski definition) is 7. The van der Waals surface area contributed by atoms with Crippen LogP contribution in [0.2, 0.25) is 0 Å². The third kappa shape index (κ3) is 3.39. The van der Waals surface area contributed by atoms with Crippen molar-refractivity contribution in [2.75, 3.05) is 13.7 Å². The molecule has 0 fully saturated rings. The minimum atomic E-state index is -0.477. The van der Waals surface area contributed by atoms with Gasteiger partial charge in [-0.15, -0.1) is 0 Å². The smallest absolute Gasteiger partial charge is 0.337 e. The van der Waals surface area contributed by atoms with E-state index in [1.807, 2.05) is 55.3 Å². The maximum Gasteiger partial charge on any atom is 0.337 e. The summed E-state index contributed by atoms with van der Waals surface area (Å²) in [7, 11) is 1.37. The lowest BCUT2D eigenvalue weighted by Gasteiger charge is -2.38. The first-order chi connectivity index (χ1) is 15.6. The molecule has 2 aromatic carbocycles. The quantitative estimate of drug-likeness (QED) is 0.528. The molecular formula is C25H24N2O5. The van der Waals surface area contributed by atoms with Crippen molar-refractivity contribution in [2.45, 2.75) is 32.5 Å². The Labute approximate surface area is 186 Å². The van der Waals surface area contributed by atoms with E-state index in [0.717, 1.165) is 34.1 Å². The van der Waals surface area contributed by atoms with Crippen LogP contribution in [0.25, 0.3) is 0 Å². The van der Waals surface area contributed by atoms with Crippen molar-refractivity contribution >= 4 is 11.7 Å². The molecule has 0 radical (unpaired) electrons. The molecule has 7 heteroatoms. The Kier molecular flexibility index (Phi) is 5.09. The fraction of sp³-hybridized carbons (Fsp3) is 0.280. The van der Waals surface area contributed by atoms with Gasteiger partial charge >= 0.3 is 5.97 Å². The van der Waals surface area contributed by atoms with E-state index in [1.54, 1.807) is 12.1 Å². The highest BCUT2D eigenvalue weighted by Gasteiger charge is 2.42. The minimum absolute atomic E-state index is 0.0233. The first-order valence-corrected chi connectivity index (χ1v) is 10.6. The molecule has 2 atom stereocenters. The molecule has 0 unspecified atom stereocenters. The van der Waals surface area contributed by atoms with Crippen LogP contribution in [0.1, 0.15) is 58.6 Å². The third-order valence-corrected chi connectivity index (χ3v) is 5.72. The molecule has 0 saturated heterocycles. The van der Waals surface area contributed by atoms with Crippen LogP contribution in [-0.4, -0.2) is 30.4 Å². The van der Waals surface area contributed by atoms with Gasteiger partial charge in [0.2, 0.25) is 6.23 Å². The number of hydrazone groups is 1. The summed E-state index contributed by atoms with van der Waals surface area (Å²) >= 11 is 0. The van der Waals surface area contributed by atoms with Crippen LogP contribution in [0.5, 0.6) is 11.5 Å². The number of hydrogen-bond donors (Lipinski definition) is 0. The van der Waals surface area contributed by atoms with Gasteiger partial charge in [0.15, 0.2) is 11.5 Å². The second-order valence-corrected chi connectivity index (χ2v) is 7.75. The lowest BCUT2D eigenvalue weighted by Crippen LogP contribution is -2.34. The van der Waals surface area contributed by atoms with Gasteiger partial charge in [-0.3, -0.25) is 0 Å². The largest absolute Gasteiger partial charge is 0.490 e. The minimum Gasteiger partial charge on any atom is -0.490 e. The molecule has 0 N–H and O–H groups in total. The Bertz CT molecular complexity index is 1180. The monoisotopic (exact) mass is 432 g/mol. The first kappa shape index (κ1) is 20.2. The summed E-state index contributed by atoms with van der Waals surface area (Å²) < 4.78 is 23.0. The molecule has 2 aliphatic heterocycles. The number of para-hydroxylation sites is 1. The Balaban J connectivity index is 1.57. The lowest BCUT2D eigenvalue weighted by molar-refractivity contribution is -0.0212. The Morgan fingerprint density at radius 3 is 2.66 bits per heavy atom. The second-order valence-electron chi connectivity index (χ2n) is 7.75. The number of methoxy groups -OCH3 is 1. The molecule has 3 heterocycles. The van der Waals surface area contributed by atoms with Crippen LogP contribution in [-0.2, 0) is 4.74 Å². The van der Waals surface area contributed by atoms with Gasteiger partial charge in [-0.1, -0.05) is 24.3 Å². The standard InChI is InChI=1S/C25H24N2O5/c1-4-30-22-7-5-6-18-20-14-19(21-13-8-15(2)31-21)26-27(20)24(32-23(18)22)16-9-11-17(12-10-16)25(28)29-3/h5-13,20,24H,4,14H2,1-3H3/t20-,24-/m0/s1. The van der Waals surface area contributed by atoms with E-state index in [-0.39, 0.29) is 12.0 Å². The van der Waals surface area contributed by atoms with E-state index in [4.69, 9.17) is 23.7 Å². The van der Waals surface area contributed by atoms with Crippen molar-refractivity contribution in [3.8, 4) is 11.5 Å². The molecule has 0 saturated carbocycles. The van der Waals surface area contributed by atoms with Crippen LogP contribution in [0.4, 0.5) is 0 Å². The van der Waals surface area contributed by atoms with E-state index in [1.165, 1.54) is 7.11 Å². The molecule has 1 aromatic heterocycles. The molecule has 32 heavy (non-hydrogen) atoms. The summed E-state index contributed by atoms with van der Waals surface area (Å²) in [6.45, 7) is 4.42. The average molecular weight is 432 g/mol. The third-order valence-electron chi connectivity index (χ3n) is 5.72. The summed E-state index contributed by atoms with van der Waals surface area (Å²) in [5.74, 6) is 2.67. The Morgan fingerprint density at radius 2 is 1.97 bits per heavy atom. The van der Waals surface area contributed by atoms with Gasteiger partial charge in [0.25, 0.3) is 0 Å². The van der Waals surface area contributed by atoms with Crippen LogP contribution >= 0.6 is 0 Å². The van der Waals surface area contributed by atoms with Crippen molar-refractivity contribution in [1.82, 2.24) is 5.01 Å². The normalized spacial score (nSPS) is 19.0. The Morgan fingerprint density at radius 1 is 1.16 bits per heavy atom. The number of carbonyl (C=O) groups excluding carboxylic acids is 1. The first-order valence-electron chi connectivity index (χ1n) is 10.6. The molecule has 0 bridgehead atoms. The van der Waals surface area contributed by atoms with Gasteiger partial charge in [0.05, 0.1) is 25.3 Å². The van der Waals surface area contributed by atoms with Gasteiger partial charge in [-0.25, -0.2) is 9.80 Å². The van der Waals surface area contributed by atoms with E-state index in [0.29, 0.717) is 24.3 Å². The van der Waals surface area contributed by atoms with Gasteiger partial charge in [0, 0.05) is 17.5 Å². The number of fused-ring (bicyclic) bond motifs is 3. The molecule has 2 aliphatic rings. The maximum atomic E-state index is 11.9. The maximum absolute atomic E-state index is 11.9. The van der Waals surface area contributed by atoms with Gasteiger partial charge in [-0.2, -0.15) is 5.10 Å². The van der Waals surface area contributed by atoms with Crippen LogP contribution in [0, 0.1) is 6.92 Å². The van der Waals surface area contributed by atoms with Crippen LogP contribution < -0.4 is 9.47 Å². The number of ether oxygens (including phenoxy) is 3. The van der Waals surface area contributed by atoms with Gasteiger partial charge in [-0.05, 0) is 44.2 Å². The predicted molar refractivity (Wildman–Crippen MR) is 118 cm³/mol. The van der Waals surface area contributed by atoms with E-state index < -0.39 is 6.23 Å². The number of furan rings is 1. The highest BCUT2D eigenvalue weighted by Crippen LogP contribution is 2.50. The predicted octanol–water partition coefficient (Wildman–Crippen LogP) is 5.02. The zero-order chi connectivity index (χ0) is 22.2. The zero-order valence-corrected chi connectivity index (χ0v) is 18.2. The van der Waals surface area contributed by atoms with Crippen molar-refractivity contribution in [2.24, 2.45) is 5.10 Å². The van der Waals surface area contributed by atoms with Crippen molar-refractivity contribution < 1.29 is 23.4 Å². The Hall–Kier alpha value is -3.74. The fourth-order valence-corrected chi connectivity index (χ4v) is 4.21. The molecule has 0 spiro atoms. The topological polar surface area (TPSA) is 73.5 Å². The molecule has 7 nitrogen and oxygen atoms in total. The molecule has 5 rings (SSSR count). The summed E-state index contributed by atoms with van der Waals surface area (Å²) in [5.41, 5.74) is 3.26. The number of nitrogens with zero attached hydrogens (tertiary/aromatic N) is 2. The summed E-state index contributed by atoms with van der Waals surface area (Å²) in [6, 6.07) is 17.0. The molecule has 3 aromatic rings. The SMILES string of the molecule is CCOc1cccc2c1O[C@@H](c1ccc(C(=O)OC)cc1)N1N=C(c3ccc(C)o3)C[C@@H]21. The fourth-order valence-electron chi connectivity index (χ4n) is 4.21. The van der Waals surface area contributed by atoms with Gasteiger partial charge in [0.1, 0.15) is 17.2 Å². The van der Waals surface area contributed by atoms with Crippen molar-refractivity contribution in [3.63, 3.8) is 0 Å². The number of aryl methyl sites for hydroxylation is 1. The van der Waals surface area contributed by atoms with Crippen LogP contribution in [0.15, 0.2) is 64.1 Å². The molecule has 164 valence electrons. The number of benzene rings is 2. The number of esters is 1. The van der Waals surface area contributed by atoms with E-state index in [9.17, 15) is 4.79 Å². The summed E-state index contributed by atoms with van der Waals surface area (Å²) in [5, 5.41) is 6.87. The van der Waals surface area contributed by atoms with Crippen molar-refractivity contribution in [3.05, 3.63) is 82.8 Å². The number of carbonyl (C=O) groups is 1. The highest BCUT2D eigenvalue weighted by molar-refractivity contribution is 5.99. The van der Waals surface area contributed by atoms with E-state index in [2.05, 4.69) is 6.07 Å². The summed E-state index contributed by atoms with van der Waals surface area (Å²) in [6.07, 6.45) is 0.213.